The molecule has 0 radical (unpaired) electrons. The molecule has 0 aromatic rings. The summed E-state index contributed by atoms with van der Waals surface area (Å²) >= 11 is 0. The molecule has 0 amide bonds. The third kappa shape index (κ3) is 1.31. The average molecular weight is 198 g/mol. The number of hydrogen-bond acceptors (Lipinski definition) is 2. The lowest BCUT2D eigenvalue weighted by atomic mass is 9.73. The fourth-order valence-electron chi connectivity index (χ4n) is 2.64. The second-order valence-electron chi connectivity index (χ2n) is 6.09. The minimum Gasteiger partial charge on any atom is -0.344 e. The molecule has 2 rings (SSSR count). The van der Waals surface area contributed by atoms with Crippen LogP contribution in [0.3, 0.4) is 0 Å². The summed E-state index contributed by atoms with van der Waals surface area (Å²) in [6.07, 6.45) is 3.69. The van der Waals surface area contributed by atoms with Gasteiger partial charge in [0.05, 0.1) is 11.7 Å². The molecule has 0 aromatic heterocycles. The Morgan fingerprint density at radius 2 is 1.86 bits per heavy atom. The fraction of sp³-hybridized carbons (Fsp3) is 1.00. The van der Waals surface area contributed by atoms with Gasteiger partial charge in [0, 0.05) is 6.42 Å². The molecule has 0 N–H and O–H groups in total. The summed E-state index contributed by atoms with van der Waals surface area (Å²) in [7, 11) is 0. The van der Waals surface area contributed by atoms with Gasteiger partial charge in [0.2, 0.25) is 0 Å². The van der Waals surface area contributed by atoms with E-state index in [1.165, 1.54) is 6.42 Å². The number of hydrogen-bond donors (Lipinski definition) is 0. The topological polar surface area (TPSA) is 18.5 Å². The van der Waals surface area contributed by atoms with Gasteiger partial charge in [0.25, 0.3) is 0 Å². The Kier molecular flexibility index (Phi) is 2.04. The molecule has 2 aliphatic heterocycles. The normalized spacial score (nSPS) is 48.2. The van der Waals surface area contributed by atoms with E-state index in [0.717, 1.165) is 12.8 Å². The predicted molar refractivity (Wildman–Crippen MR) is 56.1 cm³/mol. The first-order valence-electron chi connectivity index (χ1n) is 5.65. The van der Waals surface area contributed by atoms with Crippen LogP contribution in [-0.4, -0.2) is 17.5 Å². The predicted octanol–water partition coefficient (Wildman–Crippen LogP) is 3.11. The van der Waals surface area contributed by atoms with Crippen LogP contribution in [0.2, 0.25) is 0 Å². The van der Waals surface area contributed by atoms with Crippen molar-refractivity contribution in [2.24, 2.45) is 5.41 Å². The van der Waals surface area contributed by atoms with Gasteiger partial charge >= 0.3 is 0 Å². The van der Waals surface area contributed by atoms with Crippen molar-refractivity contribution in [2.75, 3.05) is 0 Å². The largest absolute Gasteiger partial charge is 0.344 e. The zero-order valence-electron chi connectivity index (χ0n) is 10.0. The minimum atomic E-state index is -0.315. The molecule has 2 saturated heterocycles. The molecule has 0 aromatic carbocycles. The van der Waals surface area contributed by atoms with Crippen LogP contribution in [0.1, 0.15) is 53.9 Å². The highest BCUT2D eigenvalue weighted by Crippen LogP contribution is 2.52. The summed E-state index contributed by atoms with van der Waals surface area (Å²) in [5.41, 5.74) is 0.0119. The van der Waals surface area contributed by atoms with Crippen molar-refractivity contribution < 1.29 is 9.47 Å². The van der Waals surface area contributed by atoms with Crippen LogP contribution >= 0.6 is 0 Å². The SMILES string of the molecule is CC(C)(C)C1(C)O[C@]2(C)CCC[C@H]1O2. The van der Waals surface area contributed by atoms with Gasteiger partial charge in [0.1, 0.15) is 0 Å². The van der Waals surface area contributed by atoms with E-state index in [2.05, 4.69) is 34.6 Å². The molecule has 3 atom stereocenters. The van der Waals surface area contributed by atoms with E-state index in [1.54, 1.807) is 0 Å². The molecule has 82 valence electrons. The van der Waals surface area contributed by atoms with Gasteiger partial charge in [-0.25, -0.2) is 0 Å². The Balaban J connectivity index is 2.31. The molecule has 1 unspecified atom stereocenters. The van der Waals surface area contributed by atoms with Crippen LogP contribution in [0.25, 0.3) is 0 Å². The average Bonchev–Trinajstić information content (AvgIpc) is 2.18. The summed E-state index contributed by atoms with van der Waals surface area (Å²) in [5.74, 6) is -0.315. The van der Waals surface area contributed by atoms with Gasteiger partial charge in [-0.2, -0.15) is 0 Å². The molecule has 2 heterocycles. The Morgan fingerprint density at radius 1 is 1.21 bits per heavy atom. The Labute approximate surface area is 87.0 Å². The molecule has 2 bridgehead atoms. The standard InChI is InChI=1S/C12H22O2/c1-10(2,3)12(5)9-7-6-8-11(4,13-9)14-12/h9H,6-8H2,1-5H3/t9-,11-,12?/m1/s1. The highest BCUT2D eigenvalue weighted by Gasteiger charge is 2.58. The summed E-state index contributed by atoms with van der Waals surface area (Å²) in [6, 6.07) is 0. The van der Waals surface area contributed by atoms with Gasteiger partial charge in [-0.05, 0) is 32.1 Å². The van der Waals surface area contributed by atoms with E-state index in [-0.39, 0.29) is 22.9 Å². The lowest BCUT2D eigenvalue weighted by molar-refractivity contribution is -0.199. The minimum absolute atomic E-state index is 0.127. The molecule has 14 heavy (non-hydrogen) atoms. The van der Waals surface area contributed by atoms with Crippen molar-refractivity contribution in [3.05, 3.63) is 0 Å². The zero-order chi connectivity index (χ0) is 10.6. The number of rotatable bonds is 0. The van der Waals surface area contributed by atoms with Gasteiger partial charge in [-0.3, -0.25) is 0 Å². The molecule has 2 aliphatic rings. The molecule has 0 aliphatic carbocycles. The summed E-state index contributed by atoms with van der Waals surface area (Å²) < 4.78 is 12.2. The maximum atomic E-state index is 6.20. The van der Waals surface area contributed by atoms with Crippen molar-refractivity contribution >= 4 is 0 Å². The van der Waals surface area contributed by atoms with Gasteiger partial charge in [-0.15, -0.1) is 0 Å². The van der Waals surface area contributed by atoms with Crippen LogP contribution in [0.15, 0.2) is 0 Å². The monoisotopic (exact) mass is 198 g/mol. The molecular weight excluding hydrogens is 176 g/mol. The summed E-state index contributed by atoms with van der Waals surface area (Å²) in [4.78, 5) is 0. The third-order valence-corrected chi connectivity index (χ3v) is 4.02. The number of fused-ring (bicyclic) bond motifs is 2. The van der Waals surface area contributed by atoms with Crippen LogP contribution in [0.4, 0.5) is 0 Å². The molecule has 2 nitrogen and oxygen atoms in total. The van der Waals surface area contributed by atoms with E-state index >= 15 is 0 Å². The second-order valence-corrected chi connectivity index (χ2v) is 6.09. The lowest BCUT2D eigenvalue weighted by Gasteiger charge is -2.40. The lowest BCUT2D eigenvalue weighted by Crippen LogP contribution is -2.48. The Bertz CT molecular complexity index is 243. The number of ether oxygens (including phenoxy) is 2. The highest BCUT2D eigenvalue weighted by molar-refractivity contribution is 5.03. The van der Waals surface area contributed by atoms with Crippen LogP contribution in [0, 0.1) is 5.41 Å². The zero-order valence-corrected chi connectivity index (χ0v) is 10.0. The highest BCUT2D eigenvalue weighted by atomic mass is 16.8. The Hall–Kier alpha value is -0.0800. The first-order valence-corrected chi connectivity index (χ1v) is 5.65. The van der Waals surface area contributed by atoms with E-state index in [4.69, 9.17) is 9.47 Å². The maximum Gasteiger partial charge on any atom is 0.166 e. The molecule has 0 spiro atoms. The van der Waals surface area contributed by atoms with Crippen LogP contribution in [-0.2, 0) is 9.47 Å². The van der Waals surface area contributed by atoms with Crippen LogP contribution in [0.5, 0.6) is 0 Å². The van der Waals surface area contributed by atoms with Gasteiger partial charge in [0.15, 0.2) is 5.79 Å². The van der Waals surface area contributed by atoms with Crippen molar-refractivity contribution in [2.45, 2.75) is 71.4 Å². The quantitative estimate of drug-likeness (QED) is 0.595. The first-order chi connectivity index (χ1) is 6.27. The summed E-state index contributed by atoms with van der Waals surface area (Å²) in [6.45, 7) is 11.0. The van der Waals surface area contributed by atoms with E-state index in [0.29, 0.717) is 0 Å². The van der Waals surface area contributed by atoms with E-state index < -0.39 is 0 Å². The van der Waals surface area contributed by atoms with Gasteiger partial charge < -0.3 is 9.47 Å². The fourth-order valence-corrected chi connectivity index (χ4v) is 2.64. The maximum absolute atomic E-state index is 6.20. The summed E-state index contributed by atoms with van der Waals surface area (Å²) in [5, 5.41) is 0. The van der Waals surface area contributed by atoms with Gasteiger partial charge in [-0.1, -0.05) is 20.8 Å². The molecule has 0 saturated carbocycles. The van der Waals surface area contributed by atoms with Crippen molar-refractivity contribution in [1.82, 2.24) is 0 Å². The first kappa shape index (κ1) is 10.4. The molecule has 2 heteroatoms. The smallest absolute Gasteiger partial charge is 0.166 e. The van der Waals surface area contributed by atoms with E-state index in [9.17, 15) is 0 Å². The van der Waals surface area contributed by atoms with E-state index in [1.807, 2.05) is 0 Å². The Morgan fingerprint density at radius 3 is 2.36 bits per heavy atom. The van der Waals surface area contributed by atoms with Crippen LogP contribution < -0.4 is 0 Å². The molecular formula is C12H22O2. The van der Waals surface area contributed by atoms with Crippen molar-refractivity contribution in [1.29, 1.82) is 0 Å². The van der Waals surface area contributed by atoms with Crippen molar-refractivity contribution in [3.8, 4) is 0 Å². The third-order valence-electron chi connectivity index (χ3n) is 4.02. The van der Waals surface area contributed by atoms with Crippen molar-refractivity contribution in [3.63, 3.8) is 0 Å². The molecule has 2 fully saturated rings. The second kappa shape index (κ2) is 2.73.